The second kappa shape index (κ2) is 2.80. The van der Waals surface area contributed by atoms with E-state index in [1.165, 1.54) is 0 Å². The van der Waals surface area contributed by atoms with Crippen molar-refractivity contribution >= 4 is 0 Å². The van der Waals surface area contributed by atoms with Crippen LogP contribution in [-0.4, -0.2) is 37.2 Å². The summed E-state index contributed by atoms with van der Waals surface area (Å²) in [6, 6.07) is 2.11. The first-order valence-corrected chi connectivity index (χ1v) is 3.80. The number of nitrogens with zero attached hydrogens (tertiary/aromatic N) is 2. The van der Waals surface area contributed by atoms with Gasteiger partial charge in [0.15, 0.2) is 6.10 Å². The molecule has 0 amide bonds. The molecule has 1 aliphatic heterocycles. The van der Waals surface area contributed by atoms with Gasteiger partial charge in [-0.1, -0.05) is 0 Å². The normalized spacial score (nSPS) is 35.4. The van der Waals surface area contributed by atoms with Crippen molar-refractivity contribution in [2.45, 2.75) is 25.0 Å². The molecule has 1 fully saturated rings. The molecule has 1 rings (SSSR count). The van der Waals surface area contributed by atoms with Crippen molar-refractivity contribution in [3.63, 3.8) is 0 Å². The van der Waals surface area contributed by atoms with Crippen LogP contribution >= 0.6 is 0 Å². The first-order valence-electron chi connectivity index (χ1n) is 3.80. The molecule has 3 heteroatoms. The molecule has 62 valence electrons. The summed E-state index contributed by atoms with van der Waals surface area (Å²) in [6.45, 7) is 2.97. The summed E-state index contributed by atoms with van der Waals surface area (Å²) in [7, 11) is 4.04. The molecular formula is C8H14N2O. The van der Waals surface area contributed by atoms with E-state index >= 15 is 0 Å². The van der Waals surface area contributed by atoms with Crippen LogP contribution in [0.15, 0.2) is 0 Å². The Balaban J connectivity index is 2.24. The van der Waals surface area contributed by atoms with Crippen molar-refractivity contribution in [2.75, 3.05) is 20.6 Å². The smallest absolute Gasteiger partial charge is 0.173 e. The maximum atomic E-state index is 8.52. The Morgan fingerprint density at radius 2 is 2.27 bits per heavy atom. The summed E-state index contributed by atoms with van der Waals surface area (Å²) in [4.78, 5) is 2.10. The second-order valence-electron chi connectivity index (χ2n) is 3.49. The Kier molecular flexibility index (Phi) is 2.17. The van der Waals surface area contributed by atoms with Crippen molar-refractivity contribution < 1.29 is 4.74 Å². The minimum atomic E-state index is -0.164. The number of epoxide rings is 1. The summed E-state index contributed by atoms with van der Waals surface area (Å²) in [6.07, 6.45) is 0.778. The van der Waals surface area contributed by atoms with Crippen LogP contribution in [0.4, 0.5) is 0 Å². The van der Waals surface area contributed by atoms with Crippen LogP contribution in [0, 0.1) is 11.3 Å². The van der Waals surface area contributed by atoms with E-state index in [9.17, 15) is 0 Å². The highest BCUT2D eigenvalue weighted by atomic mass is 16.6. The predicted molar refractivity (Wildman–Crippen MR) is 42.1 cm³/mol. The van der Waals surface area contributed by atoms with E-state index in [1.807, 2.05) is 21.0 Å². The van der Waals surface area contributed by atoms with E-state index in [4.69, 9.17) is 10.00 Å². The van der Waals surface area contributed by atoms with Gasteiger partial charge in [-0.15, -0.1) is 0 Å². The first kappa shape index (κ1) is 8.51. The Hall–Kier alpha value is -0.590. The lowest BCUT2D eigenvalue weighted by Crippen LogP contribution is -2.20. The molecule has 0 aromatic rings. The van der Waals surface area contributed by atoms with Crippen molar-refractivity contribution in [1.82, 2.24) is 4.90 Å². The minimum absolute atomic E-state index is 0.154. The van der Waals surface area contributed by atoms with Crippen molar-refractivity contribution in [3.8, 4) is 6.07 Å². The number of nitriles is 1. The monoisotopic (exact) mass is 154 g/mol. The lowest BCUT2D eigenvalue weighted by atomic mass is 10.0. The molecular weight excluding hydrogens is 140 g/mol. The van der Waals surface area contributed by atoms with Gasteiger partial charge >= 0.3 is 0 Å². The van der Waals surface area contributed by atoms with E-state index in [0.29, 0.717) is 0 Å². The Morgan fingerprint density at radius 1 is 1.64 bits per heavy atom. The average Bonchev–Trinajstić information content (AvgIpc) is 2.59. The molecule has 1 saturated heterocycles. The van der Waals surface area contributed by atoms with Crippen LogP contribution in [0.1, 0.15) is 13.3 Å². The number of hydrogen-bond acceptors (Lipinski definition) is 3. The standard InChI is InChI=1S/C8H14N2O/c1-8(4-5-10(2)3)7(6-9)11-8/h7H,4-5H2,1-3H3. The molecule has 0 aromatic carbocycles. The molecule has 0 saturated carbocycles. The molecule has 0 spiro atoms. The van der Waals surface area contributed by atoms with E-state index in [1.54, 1.807) is 0 Å². The van der Waals surface area contributed by atoms with Gasteiger partial charge in [0.05, 0.1) is 6.07 Å². The molecule has 0 bridgehead atoms. The predicted octanol–water partition coefficient (Wildman–Crippen LogP) is 0.619. The zero-order chi connectivity index (χ0) is 8.48. The van der Waals surface area contributed by atoms with Crippen LogP contribution in [0.2, 0.25) is 0 Å². The number of hydrogen-bond donors (Lipinski definition) is 0. The zero-order valence-electron chi connectivity index (χ0n) is 7.29. The SMILES string of the molecule is CN(C)CCC1(C)OC1C#N. The third kappa shape index (κ3) is 1.92. The third-order valence-corrected chi connectivity index (χ3v) is 2.06. The highest BCUT2D eigenvalue weighted by molar-refractivity contribution is 5.11. The molecule has 0 radical (unpaired) electrons. The summed E-state index contributed by atoms with van der Waals surface area (Å²) < 4.78 is 5.22. The topological polar surface area (TPSA) is 39.6 Å². The molecule has 0 N–H and O–H groups in total. The van der Waals surface area contributed by atoms with Crippen molar-refractivity contribution in [1.29, 1.82) is 5.26 Å². The third-order valence-electron chi connectivity index (χ3n) is 2.06. The Labute approximate surface area is 67.6 Å². The molecule has 11 heavy (non-hydrogen) atoms. The molecule has 0 aliphatic carbocycles. The summed E-state index contributed by atoms with van der Waals surface area (Å²) in [5.74, 6) is 0. The van der Waals surface area contributed by atoms with Crippen LogP contribution in [0.5, 0.6) is 0 Å². The molecule has 2 atom stereocenters. The second-order valence-corrected chi connectivity index (χ2v) is 3.49. The van der Waals surface area contributed by atoms with E-state index in [-0.39, 0.29) is 11.7 Å². The van der Waals surface area contributed by atoms with Crippen molar-refractivity contribution in [2.24, 2.45) is 0 Å². The van der Waals surface area contributed by atoms with Gasteiger partial charge < -0.3 is 9.64 Å². The average molecular weight is 154 g/mol. The van der Waals surface area contributed by atoms with E-state index in [0.717, 1.165) is 13.0 Å². The zero-order valence-corrected chi connectivity index (χ0v) is 7.29. The Bertz CT molecular complexity index is 185. The lowest BCUT2D eigenvalue weighted by Gasteiger charge is -2.10. The fraction of sp³-hybridized carbons (Fsp3) is 0.875. The lowest BCUT2D eigenvalue weighted by molar-refractivity contribution is 0.272. The van der Waals surface area contributed by atoms with Gasteiger partial charge in [0.2, 0.25) is 0 Å². The van der Waals surface area contributed by atoms with Crippen LogP contribution in [0.3, 0.4) is 0 Å². The van der Waals surface area contributed by atoms with Crippen LogP contribution in [0.25, 0.3) is 0 Å². The van der Waals surface area contributed by atoms with Gasteiger partial charge in [0, 0.05) is 6.54 Å². The van der Waals surface area contributed by atoms with Gasteiger partial charge in [0.25, 0.3) is 0 Å². The van der Waals surface area contributed by atoms with Crippen LogP contribution < -0.4 is 0 Å². The minimum Gasteiger partial charge on any atom is -0.350 e. The maximum absolute atomic E-state index is 8.52. The highest BCUT2D eigenvalue weighted by Crippen LogP contribution is 2.38. The summed E-state index contributed by atoms with van der Waals surface area (Å²) >= 11 is 0. The summed E-state index contributed by atoms with van der Waals surface area (Å²) in [5, 5.41) is 8.52. The number of ether oxygens (including phenoxy) is 1. The molecule has 3 nitrogen and oxygen atoms in total. The largest absolute Gasteiger partial charge is 0.350 e. The first-order chi connectivity index (χ1) is 5.08. The van der Waals surface area contributed by atoms with Gasteiger partial charge in [-0.3, -0.25) is 0 Å². The van der Waals surface area contributed by atoms with Gasteiger partial charge in [0.1, 0.15) is 5.60 Å². The molecule has 2 unspecified atom stereocenters. The molecule has 1 aliphatic rings. The molecule has 0 aromatic heterocycles. The van der Waals surface area contributed by atoms with E-state index < -0.39 is 0 Å². The summed E-state index contributed by atoms with van der Waals surface area (Å²) in [5.41, 5.74) is -0.154. The highest BCUT2D eigenvalue weighted by Gasteiger charge is 2.52. The Morgan fingerprint density at radius 3 is 2.64 bits per heavy atom. The van der Waals surface area contributed by atoms with Gasteiger partial charge in [-0.25, -0.2) is 0 Å². The fourth-order valence-corrected chi connectivity index (χ4v) is 1.03. The van der Waals surface area contributed by atoms with Gasteiger partial charge in [-0.05, 0) is 27.4 Å². The fourth-order valence-electron chi connectivity index (χ4n) is 1.03. The maximum Gasteiger partial charge on any atom is 0.173 e. The van der Waals surface area contributed by atoms with Crippen LogP contribution in [-0.2, 0) is 4.74 Å². The van der Waals surface area contributed by atoms with Crippen molar-refractivity contribution in [3.05, 3.63) is 0 Å². The van der Waals surface area contributed by atoms with E-state index in [2.05, 4.69) is 11.0 Å². The van der Waals surface area contributed by atoms with Gasteiger partial charge in [-0.2, -0.15) is 5.26 Å². The molecule has 1 heterocycles. The number of rotatable bonds is 3. The quantitative estimate of drug-likeness (QED) is 0.559.